The molecule has 0 spiro atoms. The molecule has 1 amide bonds. The Kier molecular flexibility index (Phi) is 5.10. The van der Waals surface area contributed by atoms with Crippen molar-refractivity contribution in [2.75, 3.05) is 6.54 Å². The highest BCUT2D eigenvalue weighted by atomic mass is 16.6. The predicted octanol–water partition coefficient (Wildman–Crippen LogP) is 2.80. The molecule has 4 heteroatoms. The molecule has 1 rings (SSSR count). The number of carbonyl (C=O) groups excluding carboxylic acids is 2. The van der Waals surface area contributed by atoms with Crippen LogP contribution in [0.15, 0.2) is 24.3 Å². The number of carbonyl (C=O) groups is 2. The maximum atomic E-state index is 11.5. The second-order valence-corrected chi connectivity index (χ2v) is 5.54. The summed E-state index contributed by atoms with van der Waals surface area (Å²) in [6.45, 7) is 7.61. The van der Waals surface area contributed by atoms with E-state index in [1.54, 1.807) is 20.8 Å². The lowest BCUT2D eigenvalue weighted by atomic mass is 10.00. The molecule has 0 fully saturated rings. The fourth-order valence-electron chi connectivity index (χ4n) is 1.57. The highest BCUT2D eigenvalue weighted by Gasteiger charge is 2.17. The second kappa shape index (κ2) is 6.36. The zero-order valence-corrected chi connectivity index (χ0v) is 11.9. The quantitative estimate of drug-likeness (QED) is 0.850. The SMILES string of the molecule is Cc1ccc(C(C=O)CNC(=O)OC(C)(C)C)cc1. The van der Waals surface area contributed by atoms with E-state index in [1.165, 1.54) is 0 Å². The Labute approximate surface area is 114 Å². The number of aryl methyl sites for hydroxylation is 1. The number of hydrogen-bond donors (Lipinski definition) is 1. The maximum Gasteiger partial charge on any atom is 0.407 e. The standard InChI is InChI=1S/C15H21NO3/c1-11-5-7-12(8-6-11)13(10-17)9-16-14(18)19-15(2,3)4/h5-8,10,13H,9H2,1-4H3,(H,16,18). The van der Waals surface area contributed by atoms with E-state index in [9.17, 15) is 9.59 Å². The number of ether oxygens (including phenoxy) is 1. The lowest BCUT2D eigenvalue weighted by Gasteiger charge is -2.20. The lowest BCUT2D eigenvalue weighted by molar-refractivity contribution is -0.109. The van der Waals surface area contributed by atoms with Crippen molar-refractivity contribution in [2.24, 2.45) is 0 Å². The van der Waals surface area contributed by atoms with Gasteiger partial charge >= 0.3 is 6.09 Å². The number of alkyl carbamates (subject to hydrolysis) is 1. The van der Waals surface area contributed by atoms with Gasteiger partial charge in [0.05, 0.1) is 5.92 Å². The third kappa shape index (κ3) is 5.55. The van der Waals surface area contributed by atoms with Gasteiger partial charge in [-0.2, -0.15) is 0 Å². The molecule has 1 N–H and O–H groups in total. The molecule has 19 heavy (non-hydrogen) atoms. The van der Waals surface area contributed by atoms with E-state index in [0.717, 1.165) is 17.4 Å². The third-order valence-electron chi connectivity index (χ3n) is 2.53. The van der Waals surface area contributed by atoms with Crippen LogP contribution in [0.2, 0.25) is 0 Å². The molecule has 0 aliphatic heterocycles. The van der Waals surface area contributed by atoms with E-state index in [2.05, 4.69) is 5.32 Å². The molecule has 1 atom stereocenters. The van der Waals surface area contributed by atoms with Crippen LogP contribution in [0.4, 0.5) is 4.79 Å². The monoisotopic (exact) mass is 263 g/mol. The van der Waals surface area contributed by atoms with Gasteiger partial charge in [-0.3, -0.25) is 0 Å². The van der Waals surface area contributed by atoms with Gasteiger partial charge in [0.15, 0.2) is 0 Å². The van der Waals surface area contributed by atoms with Crippen LogP contribution in [0.25, 0.3) is 0 Å². The molecule has 104 valence electrons. The molecule has 1 aromatic rings. The third-order valence-corrected chi connectivity index (χ3v) is 2.53. The molecule has 0 radical (unpaired) electrons. The first-order valence-corrected chi connectivity index (χ1v) is 6.30. The first-order chi connectivity index (χ1) is 8.81. The van der Waals surface area contributed by atoms with Crippen LogP contribution in [-0.4, -0.2) is 24.5 Å². The van der Waals surface area contributed by atoms with Gasteiger partial charge in [0.25, 0.3) is 0 Å². The summed E-state index contributed by atoms with van der Waals surface area (Å²) in [4.78, 5) is 22.6. The fourth-order valence-corrected chi connectivity index (χ4v) is 1.57. The molecular weight excluding hydrogens is 242 g/mol. The lowest BCUT2D eigenvalue weighted by Crippen LogP contribution is -2.35. The zero-order valence-electron chi connectivity index (χ0n) is 11.9. The van der Waals surface area contributed by atoms with Crippen molar-refractivity contribution in [3.05, 3.63) is 35.4 Å². The minimum atomic E-state index is -0.537. The van der Waals surface area contributed by atoms with Crippen LogP contribution in [0.5, 0.6) is 0 Å². The highest BCUT2D eigenvalue weighted by Crippen LogP contribution is 2.14. The number of aldehydes is 1. The van der Waals surface area contributed by atoms with Crippen molar-refractivity contribution in [1.82, 2.24) is 5.32 Å². The van der Waals surface area contributed by atoms with E-state index in [4.69, 9.17) is 4.74 Å². The van der Waals surface area contributed by atoms with Crippen LogP contribution in [0, 0.1) is 6.92 Å². The molecule has 4 nitrogen and oxygen atoms in total. The molecule has 0 bridgehead atoms. The molecule has 0 aliphatic rings. The summed E-state index contributed by atoms with van der Waals surface area (Å²) in [5.74, 6) is -0.354. The van der Waals surface area contributed by atoms with Gasteiger partial charge in [-0.05, 0) is 33.3 Å². The van der Waals surface area contributed by atoms with E-state index in [1.807, 2.05) is 31.2 Å². The summed E-state index contributed by atoms with van der Waals surface area (Å²) in [5, 5.41) is 2.61. The number of nitrogens with one attached hydrogen (secondary N) is 1. The summed E-state index contributed by atoms with van der Waals surface area (Å²) in [6, 6.07) is 7.68. The number of amides is 1. The molecule has 1 unspecified atom stereocenters. The Morgan fingerprint density at radius 3 is 2.37 bits per heavy atom. The van der Waals surface area contributed by atoms with Gasteiger partial charge in [0.2, 0.25) is 0 Å². The molecule has 0 aliphatic carbocycles. The van der Waals surface area contributed by atoms with Crippen LogP contribution >= 0.6 is 0 Å². The minimum absolute atomic E-state index is 0.238. The van der Waals surface area contributed by atoms with Crippen LogP contribution in [0.3, 0.4) is 0 Å². The van der Waals surface area contributed by atoms with Crippen LogP contribution in [-0.2, 0) is 9.53 Å². The van der Waals surface area contributed by atoms with E-state index in [0.29, 0.717) is 0 Å². The molecule has 1 aromatic carbocycles. The Balaban J connectivity index is 2.56. The van der Waals surface area contributed by atoms with Gasteiger partial charge in [-0.1, -0.05) is 29.8 Å². The first-order valence-electron chi connectivity index (χ1n) is 6.30. The van der Waals surface area contributed by atoms with E-state index in [-0.39, 0.29) is 12.5 Å². The summed E-state index contributed by atoms with van der Waals surface area (Å²) >= 11 is 0. The van der Waals surface area contributed by atoms with Crippen molar-refractivity contribution in [3.8, 4) is 0 Å². The maximum absolute atomic E-state index is 11.5. The topological polar surface area (TPSA) is 55.4 Å². The molecule has 0 aromatic heterocycles. The Morgan fingerprint density at radius 2 is 1.89 bits per heavy atom. The van der Waals surface area contributed by atoms with Gasteiger partial charge in [0, 0.05) is 6.54 Å². The smallest absolute Gasteiger partial charge is 0.407 e. The van der Waals surface area contributed by atoms with Crippen molar-refractivity contribution >= 4 is 12.4 Å². The van der Waals surface area contributed by atoms with Gasteiger partial charge in [0.1, 0.15) is 11.9 Å². The van der Waals surface area contributed by atoms with Crippen molar-refractivity contribution in [2.45, 2.75) is 39.2 Å². The van der Waals surface area contributed by atoms with E-state index < -0.39 is 11.7 Å². The van der Waals surface area contributed by atoms with E-state index >= 15 is 0 Å². The Morgan fingerprint density at radius 1 is 1.32 bits per heavy atom. The number of benzene rings is 1. The molecule has 0 saturated heterocycles. The van der Waals surface area contributed by atoms with Crippen molar-refractivity contribution in [1.29, 1.82) is 0 Å². The highest BCUT2D eigenvalue weighted by molar-refractivity contribution is 5.69. The predicted molar refractivity (Wildman–Crippen MR) is 74.2 cm³/mol. The number of hydrogen-bond acceptors (Lipinski definition) is 3. The average molecular weight is 263 g/mol. The summed E-state index contributed by atoms with van der Waals surface area (Å²) in [5.41, 5.74) is 1.48. The molecule has 0 heterocycles. The molecule has 0 saturated carbocycles. The van der Waals surface area contributed by atoms with Crippen molar-refractivity contribution < 1.29 is 14.3 Å². The summed E-state index contributed by atoms with van der Waals surface area (Å²) in [6.07, 6.45) is 0.327. The second-order valence-electron chi connectivity index (χ2n) is 5.54. The first kappa shape index (κ1) is 15.2. The van der Waals surface area contributed by atoms with Gasteiger partial charge in [-0.25, -0.2) is 4.79 Å². The van der Waals surface area contributed by atoms with Gasteiger partial charge in [-0.15, -0.1) is 0 Å². The van der Waals surface area contributed by atoms with Crippen LogP contribution in [0.1, 0.15) is 37.8 Å². The normalized spacial score (nSPS) is 12.6. The fraction of sp³-hybridized carbons (Fsp3) is 0.467. The average Bonchev–Trinajstić information content (AvgIpc) is 2.29. The largest absolute Gasteiger partial charge is 0.444 e. The van der Waals surface area contributed by atoms with Crippen molar-refractivity contribution in [3.63, 3.8) is 0 Å². The minimum Gasteiger partial charge on any atom is -0.444 e. The van der Waals surface area contributed by atoms with Gasteiger partial charge < -0.3 is 14.8 Å². The summed E-state index contributed by atoms with van der Waals surface area (Å²) in [7, 11) is 0. The van der Waals surface area contributed by atoms with Crippen LogP contribution < -0.4 is 5.32 Å². The summed E-state index contributed by atoms with van der Waals surface area (Å²) < 4.78 is 5.12. The number of rotatable bonds is 4. The molecular formula is C15H21NO3. The zero-order chi connectivity index (χ0) is 14.5. The Bertz CT molecular complexity index is 432. The Hall–Kier alpha value is -1.84.